The third-order valence-electron chi connectivity index (χ3n) is 3.36. The summed E-state index contributed by atoms with van der Waals surface area (Å²) in [5.74, 6) is 1.43. The van der Waals surface area contributed by atoms with Gasteiger partial charge in [-0.3, -0.25) is 0 Å². The third kappa shape index (κ3) is 2.61. The van der Waals surface area contributed by atoms with Crippen LogP contribution in [0.2, 0.25) is 0 Å². The SMILES string of the molecule is Cc1ccccc1-c1nnn(Cc2noc(-c3ccoc3)n2)n1. The smallest absolute Gasteiger partial charge is 0.261 e. The first kappa shape index (κ1) is 13.4. The van der Waals surface area contributed by atoms with Crippen LogP contribution in [0, 0.1) is 6.92 Å². The average Bonchev–Trinajstić information content (AvgIpc) is 3.29. The molecule has 0 saturated carbocycles. The lowest BCUT2D eigenvalue weighted by atomic mass is 10.1. The molecule has 8 heteroatoms. The Labute approximate surface area is 130 Å². The van der Waals surface area contributed by atoms with Crippen LogP contribution in [0.5, 0.6) is 0 Å². The second-order valence-electron chi connectivity index (χ2n) is 4.99. The molecule has 1 aromatic carbocycles. The molecule has 0 fully saturated rings. The van der Waals surface area contributed by atoms with E-state index in [2.05, 4.69) is 25.6 Å². The highest BCUT2D eigenvalue weighted by Crippen LogP contribution is 2.19. The van der Waals surface area contributed by atoms with Gasteiger partial charge in [0.15, 0.2) is 5.82 Å². The number of benzene rings is 1. The molecule has 8 nitrogen and oxygen atoms in total. The van der Waals surface area contributed by atoms with Crippen LogP contribution in [0.3, 0.4) is 0 Å². The zero-order chi connectivity index (χ0) is 15.6. The molecule has 4 rings (SSSR count). The van der Waals surface area contributed by atoms with E-state index in [1.807, 2.05) is 31.2 Å². The molecule has 0 bridgehead atoms. The average molecular weight is 308 g/mol. The zero-order valence-corrected chi connectivity index (χ0v) is 12.2. The van der Waals surface area contributed by atoms with Crippen LogP contribution < -0.4 is 0 Å². The molecule has 0 spiro atoms. The zero-order valence-electron chi connectivity index (χ0n) is 12.2. The van der Waals surface area contributed by atoms with Crippen molar-refractivity contribution in [1.82, 2.24) is 30.3 Å². The first-order chi connectivity index (χ1) is 11.3. The van der Waals surface area contributed by atoms with E-state index < -0.39 is 0 Å². The topological polar surface area (TPSA) is 95.7 Å². The van der Waals surface area contributed by atoms with Gasteiger partial charge in [-0.15, -0.1) is 10.2 Å². The molecule has 0 atom stereocenters. The molecule has 0 aliphatic carbocycles. The molecular formula is C15H12N6O2. The maximum absolute atomic E-state index is 5.18. The number of aromatic nitrogens is 6. The second-order valence-corrected chi connectivity index (χ2v) is 4.99. The van der Waals surface area contributed by atoms with Crippen LogP contribution in [0.1, 0.15) is 11.4 Å². The van der Waals surface area contributed by atoms with Crippen molar-refractivity contribution >= 4 is 0 Å². The van der Waals surface area contributed by atoms with Crippen LogP contribution in [0.15, 0.2) is 51.8 Å². The Bertz CT molecular complexity index is 925. The Morgan fingerprint density at radius 2 is 2.09 bits per heavy atom. The largest absolute Gasteiger partial charge is 0.472 e. The molecule has 3 aromatic heterocycles. The molecule has 4 aromatic rings. The fourth-order valence-corrected chi connectivity index (χ4v) is 2.19. The Kier molecular flexibility index (Phi) is 3.19. The molecule has 0 N–H and O–H groups in total. The van der Waals surface area contributed by atoms with Crippen LogP contribution in [0.4, 0.5) is 0 Å². The van der Waals surface area contributed by atoms with Gasteiger partial charge in [-0.2, -0.15) is 9.78 Å². The summed E-state index contributed by atoms with van der Waals surface area (Å²) in [6, 6.07) is 9.63. The van der Waals surface area contributed by atoms with E-state index in [1.54, 1.807) is 18.6 Å². The van der Waals surface area contributed by atoms with Crippen molar-refractivity contribution in [3.05, 3.63) is 54.2 Å². The third-order valence-corrected chi connectivity index (χ3v) is 3.36. The quantitative estimate of drug-likeness (QED) is 0.571. The van der Waals surface area contributed by atoms with Crippen molar-refractivity contribution in [2.45, 2.75) is 13.5 Å². The van der Waals surface area contributed by atoms with Crippen molar-refractivity contribution in [2.24, 2.45) is 0 Å². The number of hydrogen-bond acceptors (Lipinski definition) is 7. The summed E-state index contributed by atoms with van der Waals surface area (Å²) in [6.07, 6.45) is 3.09. The van der Waals surface area contributed by atoms with Gasteiger partial charge in [0.05, 0.1) is 11.8 Å². The molecule has 0 unspecified atom stereocenters. The van der Waals surface area contributed by atoms with Gasteiger partial charge in [0.1, 0.15) is 12.8 Å². The van der Waals surface area contributed by atoms with Gasteiger partial charge >= 0.3 is 0 Å². The van der Waals surface area contributed by atoms with E-state index in [1.165, 1.54) is 4.80 Å². The molecule has 3 heterocycles. The molecule has 0 saturated heterocycles. The predicted molar refractivity (Wildman–Crippen MR) is 79.1 cm³/mol. The van der Waals surface area contributed by atoms with Crippen molar-refractivity contribution < 1.29 is 8.94 Å². The maximum Gasteiger partial charge on any atom is 0.261 e. The predicted octanol–water partition coefficient (Wildman–Crippen LogP) is 2.34. The molecule has 0 aliphatic heterocycles. The Morgan fingerprint density at radius 1 is 1.17 bits per heavy atom. The molecule has 0 amide bonds. The van der Waals surface area contributed by atoms with Gasteiger partial charge in [0.25, 0.3) is 5.89 Å². The van der Waals surface area contributed by atoms with Crippen LogP contribution in [-0.4, -0.2) is 30.3 Å². The van der Waals surface area contributed by atoms with E-state index in [4.69, 9.17) is 8.94 Å². The highest BCUT2D eigenvalue weighted by molar-refractivity contribution is 5.58. The normalized spacial score (nSPS) is 11.0. The second kappa shape index (κ2) is 5.48. The minimum Gasteiger partial charge on any atom is -0.472 e. The monoisotopic (exact) mass is 308 g/mol. The lowest BCUT2D eigenvalue weighted by Crippen LogP contribution is -2.05. The summed E-state index contributed by atoms with van der Waals surface area (Å²) >= 11 is 0. The first-order valence-electron chi connectivity index (χ1n) is 6.98. The minimum atomic E-state index is 0.278. The van der Waals surface area contributed by atoms with Crippen molar-refractivity contribution in [2.75, 3.05) is 0 Å². The number of nitrogens with zero attached hydrogens (tertiary/aromatic N) is 6. The number of rotatable bonds is 4. The highest BCUT2D eigenvalue weighted by Gasteiger charge is 2.13. The maximum atomic E-state index is 5.18. The van der Waals surface area contributed by atoms with E-state index in [-0.39, 0.29) is 6.54 Å². The number of aryl methyl sites for hydroxylation is 1. The van der Waals surface area contributed by atoms with E-state index in [0.29, 0.717) is 17.5 Å². The Balaban J connectivity index is 1.55. The number of furan rings is 1. The van der Waals surface area contributed by atoms with Crippen molar-refractivity contribution in [3.63, 3.8) is 0 Å². The summed E-state index contributed by atoms with van der Waals surface area (Å²) in [7, 11) is 0. The highest BCUT2D eigenvalue weighted by atomic mass is 16.5. The molecular weight excluding hydrogens is 296 g/mol. The molecule has 23 heavy (non-hydrogen) atoms. The molecule has 114 valence electrons. The summed E-state index contributed by atoms with van der Waals surface area (Å²) in [4.78, 5) is 5.72. The summed E-state index contributed by atoms with van der Waals surface area (Å²) in [5.41, 5.74) is 2.77. The number of hydrogen-bond donors (Lipinski definition) is 0. The minimum absolute atomic E-state index is 0.278. The van der Waals surface area contributed by atoms with E-state index >= 15 is 0 Å². The first-order valence-corrected chi connectivity index (χ1v) is 6.98. The lowest BCUT2D eigenvalue weighted by molar-refractivity contribution is 0.414. The van der Waals surface area contributed by atoms with Crippen LogP contribution >= 0.6 is 0 Å². The van der Waals surface area contributed by atoms with Crippen molar-refractivity contribution in [3.8, 4) is 22.8 Å². The Hall–Kier alpha value is -3.29. The fourth-order valence-electron chi connectivity index (χ4n) is 2.19. The summed E-state index contributed by atoms with van der Waals surface area (Å²) in [6.45, 7) is 2.28. The standard InChI is InChI=1S/C15H12N6O2/c1-10-4-2-3-5-12(10)14-17-20-21(18-14)8-13-16-15(23-19-13)11-6-7-22-9-11/h2-7,9H,8H2,1H3. The van der Waals surface area contributed by atoms with E-state index in [0.717, 1.165) is 16.7 Å². The van der Waals surface area contributed by atoms with Crippen LogP contribution in [-0.2, 0) is 6.54 Å². The van der Waals surface area contributed by atoms with Crippen molar-refractivity contribution in [1.29, 1.82) is 0 Å². The fraction of sp³-hybridized carbons (Fsp3) is 0.133. The van der Waals surface area contributed by atoms with Gasteiger partial charge < -0.3 is 8.94 Å². The van der Waals surface area contributed by atoms with E-state index in [9.17, 15) is 0 Å². The van der Waals surface area contributed by atoms with Gasteiger partial charge in [-0.05, 0) is 23.8 Å². The van der Waals surface area contributed by atoms with Gasteiger partial charge in [0.2, 0.25) is 5.82 Å². The van der Waals surface area contributed by atoms with Gasteiger partial charge in [-0.25, -0.2) is 0 Å². The van der Waals surface area contributed by atoms with Gasteiger partial charge in [0, 0.05) is 5.56 Å². The summed E-state index contributed by atoms with van der Waals surface area (Å²) in [5, 5.41) is 16.4. The van der Waals surface area contributed by atoms with Crippen LogP contribution in [0.25, 0.3) is 22.8 Å². The molecule has 0 radical (unpaired) electrons. The lowest BCUT2D eigenvalue weighted by Gasteiger charge is -1.98. The summed E-state index contributed by atoms with van der Waals surface area (Å²) < 4.78 is 10.2. The van der Waals surface area contributed by atoms with Gasteiger partial charge in [-0.1, -0.05) is 29.4 Å². The Morgan fingerprint density at radius 3 is 2.91 bits per heavy atom. The molecule has 0 aliphatic rings. The number of tetrazole rings is 1.